The van der Waals surface area contributed by atoms with E-state index in [9.17, 15) is 12.8 Å². The van der Waals surface area contributed by atoms with Gasteiger partial charge in [-0.15, -0.1) is 0 Å². The van der Waals surface area contributed by atoms with Crippen molar-refractivity contribution in [2.45, 2.75) is 64.3 Å². The summed E-state index contributed by atoms with van der Waals surface area (Å²) in [5.74, 6) is 0.164. The molecule has 0 aliphatic carbocycles. The van der Waals surface area contributed by atoms with Crippen LogP contribution in [-0.2, 0) is 22.1 Å². The molecule has 0 spiro atoms. The van der Waals surface area contributed by atoms with Gasteiger partial charge >= 0.3 is 0 Å². The van der Waals surface area contributed by atoms with E-state index < -0.39 is 9.84 Å². The number of hydrogen-bond donors (Lipinski definition) is 2. The number of rotatable bonds is 10. The molecular formula is C22H37FN4O2S. The van der Waals surface area contributed by atoms with E-state index in [2.05, 4.69) is 27.4 Å². The molecule has 0 aromatic heterocycles. The maximum atomic E-state index is 13.7. The van der Waals surface area contributed by atoms with E-state index in [1.807, 2.05) is 6.92 Å². The lowest BCUT2D eigenvalue weighted by atomic mass is 10.0. The summed E-state index contributed by atoms with van der Waals surface area (Å²) in [5.41, 5.74) is 1.19. The van der Waals surface area contributed by atoms with Crippen LogP contribution in [0.5, 0.6) is 0 Å². The highest BCUT2D eigenvalue weighted by Gasteiger charge is 2.17. The van der Waals surface area contributed by atoms with E-state index in [0.29, 0.717) is 23.1 Å². The molecule has 1 unspecified atom stereocenters. The molecule has 2 rings (SSSR count). The molecule has 30 heavy (non-hydrogen) atoms. The molecule has 2 N–H and O–H groups in total. The van der Waals surface area contributed by atoms with Crippen LogP contribution in [0.3, 0.4) is 0 Å². The minimum atomic E-state index is -3.20. The van der Waals surface area contributed by atoms with Gasteiger partial charge in [-0.1, -0.05) is 12.5 Å². The summed E-state index contributed by atoms with van der Waals surface area (Å²) in [7, 11) is -3.20. The third-order valence-corrected chi connectivity index (χ3v) is 6.28. The molecule has 1 saturated heterocycles. The summed E-state index contributed by atoms with van der Waals surface area (Å²) in [4.78, 5) is 7.12. The summed E-state index contributed by atoms with van der Waals surface area (Å²) >= 11 is 0. The van der Waals surface area contributed by atoms with E-state index in [0.717, 1.165) is 32.5 Å². The van der Waals surface area contributed by atoms with Gasteiger partial charge in [0, 0.05) is 25.4 Å². The fourth-order valence-electron chi connectivity index (χ4n) is 3.81. The van der Waals surface area contributed by atoms with Gasteiger partial charge in [0.2, 0.25) is 0 Å². The molecule has 1 aromatic carbocycles. The normalized spacial score (nSPS) is 18.4. The molecule has 1 aliphatic rings. The zero-order valence-corrected chi connectivity index (χ0v) is 19.4. The van der Waals surface area contributed by atoms with Gasteiger partial charge in [-0.3, -0.25) is 0 Å². The van der Waals surface area contributed by atoms with Crippen LogP contribution in [0, 0.1) is 5.82 Å². The van der Waals surface area contributed by atoms with Crippen LogP contribution in [0.2, 0.25) is 0 Å². The van der Waals surface area contributed by atoms with E-state index in [1.54, 1.807) is 0 Å². The van der Waals surface area contributed by atoms with Crippen LogP contribution in [0.15, 0.2) is 23.2 Å². The summed E-state index contributed by atoms with van der Waals surface area (Å²) in [5, 5.41) is 6.53. The van der Waals surface area contributed by atoms with Crippen LogP contribution in [0.25, 0.3) is 0 Å². The smallest absolute Gasteiger partial charge is 0.191 e. The Morgan fingerprint density at radius 2 is 2.03 bits per heavy atom. The number of hydrogen-bond acceptors (Lipinski definition) is 4. The van der Waals surface area contributed by atoms with E-state index >= 15 is 0 Å². The second kappa shape index (κ2) is 12.2. The SMILES string of the molecule is CCNC(=NCc1cc(F)ccc1CS(C)(=O)=O)NCCCCN1CCCCC1C. The third kappa shape index (κ3) is 9.00. The predicted octanol–water partition coefficient (Wildman–Crippen LogP) is 3.08. The molecule has 1 aromatic rings. The van der Waals surface area contributed by atoms with Crippen LogP contribution in [0.1, 0.15) is 57.1 Å². The van der Waals surface area contributed by atoms with Crippen molar-refractivity contribution >= 4 is 15.8 Å². The van der Waals surface area contributed by atoms with Crippen molar-refractivity contribution in [2.24, 2.45) is 4.99 Å². The average Bonchev–Trinajstić information content (AvgIpc) is 2.68. The van der Waals surface area contributed by atoms with Gasteiger partial charge < -0.3 is 15.5 Å². The molecule has 8 heteroatoms. The van der Waals surface area contributed by atoms with Crippen LogP contribution in [-0.4, -0.2) is 57.8 Å². The number of benzene rings is 1. The topological polar surface area (TPSA) is 73.8 Å². The zero-order chi connectivity index (χ0) is 22.0. The van der Waals surface area contributed by atoms with Crippen molar-refractivity contribution in [3.63, 3.8) is 0 Å². The highest BCUT2D eigenvalue weighted by molar-refractivity contribution is 7.89. The van der Waals surface area contributed by atoms with Crippen molar-refractivity contribution < 1.29 is 12.8 Å². The minimum Gasteiger partial charge on any atom is -0.357 e. The molecule has 170 valence electrons. The highest BCUT2D eigenvalue weighted by atomic mass is 32.2. The first-order chi connectivity index (χ1) is 14.3. The predicted molar refractivity (Wildman–Crippen MR) is 122 cm³/mol. The molecule has 6 nitrogen and oxygen atoms in total. The lowest BCUT2D eigenvalue weighted by Crippen LogP contribution is -2.39. The molecule has 0 saturated carbocycles. The average molecular weight is 441 g/mol. The fourth-order valence-corrected chi connectivity index (χ4v) is 4.65. The Bertz CT molecular complexity index is 798. The van der Waals surface area contributed by atoms with Crippen LogP contribution >= 0.6 is 0 Å². The van der Waals surface area contributed by atoms with Gasteiger partial charge in [0.1, 0.15) is 5.82 Å². The number of piperidine rings is 1. The summed E-state index contributed by atoms with van der Waals surface area (Å²) < 4.78 is 37.0. The number of halogens is 1. The Morgan fingerprint density at radius 1 is 1.23 bits per heavy atom. The number of unbranched alkanes of at least 4 members (excludes halogenated alkanes) is 1. The Morgan fingerprint density at radius 3 is 2.73 bits per heavy atom. The Labute approximate surface area is 181 Å². The molecule has 1 aliphatic heterocycles. The van der Waals surface area contributed by atoms with Crippen molar-refractivity contribution in [3.05, 3.63) is 35.1 Å². The van der Waals surface area contributed by atoms with E-state index in [4.69, 9.17) is 0 Å². The van der Waals surface area contributed by atoms with Gasteiger partial charge in [0.25, 0.3) is 0 Å². The van der Waals surface area contributed by atoms with Crippen molar-refractivity contribution in [1.82, 2.24) is 15.5 Å². The van der Waals surface area contributed by atoms with Crippen molar-refractivity contribution in [1.29, 1.82) is 0 Å². The molecular weight excluding hydrogens is 403 g/mol. The van der Waals surface area contributed by atoms with E-state index in [-0.39, 0.29) is 18.1 Å². The molecule has 0 bridgehead atoms. The van der Waals surface area contributed by atoms with Gasteiger partial charge in [-0.2, -0.15) is 0 Å². The Kier molecular flexibility index (Phi) is 10.0. The summed E-state index contributed by atoms with van der Waals surface area (Å²) in [6.45, 7) is 8.41. The molecule has 1 heterocycles. The maximum Gasteiger partial charge on any atom is 0.191 e. The summed E-state index contributed by atoms with van der Waals surface area (Å²) in [6.07, 6.45) is 7.32. The monoisotopic (exact) mass is 440 g/mol. The largest absolute Gasteiger partial charge is 0.357 e. The number of guanidine groups is 1. The Balaban J connectivity index is 1.87. The van der Waals surface area contributed by atoms with Crippen molar-refractivity contribution in [3.8, 4) is 0 Å². The fraction of sp³-hybridized carbons (Fsp3) is 0.682. The maximum absolute atomic E-state index is 13.7. The molecule has 0 amide bonds. The van der Waals surface area contributed by atoms with Crippen LogP contribution in [0.4, 0.5) is 4.39 Å². The first-order valence-corrected chi connectivity index (χ1v) is 13.1. The number of likely N-dealkylation sites (tertiary alicyclic amines) is 1. The first-order valence-electron chi connectivity index (χ1n) is 11.0. The van der Waals surface area contributed by atoms with Gasteiger partial charge in [0.05, 0.1) is 12.3 Å². The lowest BCUT2D eigenvalue weighted by Gasteiger charge is -2.33. The molecule has 1 fully saturated rings. The zero-order valence-electron chi connectivity index (χ0n) is 18.6. The molecule has 0 radical (unpaired) electrons. The number of nitrogens with one attached hydrogen (secondary N) is 2. The number of aliphatic imine (C=N–C) groups is 1. The highest BCUT2D eigenvalue weighted by Crippen LogP contribution is 2.17. The minimum absolute atomic E-state index is 0.114. The second-order valence-electron chi connectivity index (χ2n) is 8.19. The summed E-state index contributed by atoms with van der Waals surface area (Å²) in [6, 6.07) is 4.88. The third-order valence-electron chi connectivity index (χ3n) is 5.44. The lowest BCUT2D eigenvalue weighted by molar-refractivity contribution is 0.158. The first kappa shape index (κ1) is 24.6. The van der Waals surface area contributed by atoms with Crippen LogP contribution < -0.4 is 10.6 Å². The molecule has 1 atom stereocenters. The van der Waals surface area contributed by atoms with Gasteiger partial charge in [-0.05, 0) is 75.9 Å². The second-order valence-corrected chi connectivity index (χ2v) is 10.3. The van der Waals surface area contributed by atoms with Crippen molar-refractivity contribution in [2.75, 3.05) is 32.4 Å². The van der Waals surface area contributed by atoms with Gasteiger partial charge in [0.15, 0.2) is 15.8 Å². The Hall–Kier alpha value is -1.67. The number of nitrogens with zero attached hydrogens (tertiary/aromatic N) is 2. The number of sulfone groups is 1. The standard InChI is InChI=1S/C22H37FN4O2S/c1-4-24-22(25-12-6-8-14-27-13-7-5-9-18(27)2)26-16-20-15-21(23)11-10-19(20)17-30(3,28)29/h10-11,15,18H,4-9,12-14,16-17H2,1-3H3,(H2,24,25,26). The van der Waals surface area contributed by atoms with E-state index in [1.165, 1.54) is 50.3 Å². The quantitative estimate of drug-likeness (QED) is 0.332. The van der Waals surface area contributed by atoms with Gasteiger partial charge in [-0.25, -0.2) is 17.8 Å².